The van der Waals surface area contributed by atoms with E-state index in [1.165, 1.54) is 11.8 Å². The molecule has 0 aliphatic carbocycles. The Hall–Kier alpha value is -1.38. The Morgan fingerprint density at radius 2 is 2.09 bits per heavy atom. The van der Waals surface area contributed by atoms with Crippen LogP contribution in [0.25, 0.3) is 10.9 Å². The van der Waals surface area contributed by atoms with Gasteiger partial charge in [0.15, 0.2) is 16.1 Å². The van der Waals surface area contributed by atoms with E-state index in [4.69, 9.17) is 21.1 Å². The van der Waals surface area contributed by atoms with E-state index in [0.29, 0.717) is 36.2 Å². The first-order chi connectivity index (χ1) is 11.1. The zero-order valence-corrected chi connectivity index (χ0v) is 14.1. The average Bonchev–Trinajstić information content (AvgIpc) is 3.02. The van der Waals surface area contributed by atoms with Gasteiger partial charge in [-0.25, -0.2) is 14.4 Å². The number of aromatic nitrogens is 3. The largest absolute Gasteiger partial charge is 0.477 e. The first-order valence-corrected chi connectivity index (χ1v) is 8.74. The van der Waals surface area contributed by atoms with Gasteiger partial charge in [-0.05, 0) is 6.26 Å². The van der Waals surface area contributed by atoms with Crippen molar-refractivity contribution in [1.29, 1.82) is 0 Å². The molecule has 2 aliphatic heterocycles. The third-order valence-electron chi connectivity index (χ3n) is 4.28. The van der Waals surface area contributed by atoms with Gasteiger partial charge in [0, 0.05) is 13.0 Å². The number of likely N-dealkylation sites (N-methyl/N-ethyl adjacent to an activating group) is 1. The predicted octanol–water partition coefficient (Wildman–Crippen LogP) is 2.38. The third kappa shape index (κ3) is 2.31. The highest BCUT2D eigenvalue weighted by atomic mass is 35.5. The van der Waals surface area contributed by atoms with Gasteiger partial charge in [0.25, 0.3) is 0 Å². The standard InChI is InChI=1S/C14H14ClFN4O2S/c1-20-7-5-21-3-6(7)4-22-13-8-10(9(16)11(15)18-13)17-14(23-2)19-12(8)20/h6-7H,3-5H2,1-2H3/t6-,7+/m1/s1. The molecule has 0 bridgehead atoms. The highest BCUT2D eigenvalue weighted by molar-refractivity contribution is 7.98. The molecule has 2 aromatic rings. The lowest BCUT2D eigenvalue weighted by atomic mass is 10.0. The van der Waals surface area contributed by atoms with Crippen LogP contribution in [-0.4, -0.2) is 54.1 Å². The number of nitrogens with zero attached hydrogens (tertiary/aromatic N) is 4. The van der Waals surface area contributed by atoms with Crippen molar-refractivity contribution in [2.45, 2.75) is 11.2 Å². The summed E-state index contributed by atoms with van der Waals surface area (Å²) in [6.45, 7) is 1.63. The Labute approximate surface area is 141 Å². The Morgan fingerprint density at radius 3 is 2.87 bits per heavy atom. The van der Waals surface area contributed by atoms with Gasteiger partial charge in [0.1, 0.15) is 16.7 Å². The zero-order chi connectivity index (χ0) is 16.1. The van der Waals surface area contributed by atoms with Crippen molar-refractivity contribution < 1.29 is 13.9 Å². The highest BCUT2D eigenvalue weighted by Crippen LogP contribution is 2.39. The second-order valence-electron chi connectivity index (χ2n) is 5.57. The number of pyridine rings is 1. The molecule has 0 N–H and O–H groups in total. The number of hydrogen-bond acceptors (Lipinski definition) is 7. The minimum absolute atomic E-state index is 0.120. The number of anilines is 1. The maximum atomic E-state index is 14.5. The molecule has 2 aromatic heterocycles. The topological polar surface area (TPSA) is 60.4 Å². The van der Waals surface area contributed by atoms with Crippen LogP contribution < -0.4 is 9.64 Å². The van der Waals surface area contributed by atoms with Gasteiger partial charge in [0.2, 0.25) is 5.88 Å². The maximum Gasteiger partial charge on any atom is 0.228 e. The van der Waals surface area contributed by atoms with E-state index < -0.39 is 5.82 Å². The second kappa shape index (κ2) is 5.61. The fraction of sp³-hybridized carbons (Fsp3) is 0.500. The third-order valence-corrected chi connectivity index (χ3v) is 5.08. The van der Waals surface area contributed by atoms with Gasteiger partial charge in [-0.15, -0.1) is 0 Å². The Bertz CT molecular complexity index is 793. The number of fused-ring (bicyclic) bond motifs is 1. The van der Waals surface area contributed by atoms with E-state index in [0.717, 1.165) is 0 Å². The van der Waals surface area contributed by atoms with Crippen molar-refractivity contribution in [3.05, 3.63) is 11.0 Å². The summed E-state index contributed by atoms with van der Waals surface area (Å²) >= 11 is 7.26. The molecule has 9 heteroatoms. The quantitative estimate of drug-likeness (QED) is 0.441. The molecule has 23 heavy (non-hydrogen) atoms. The SMILES string of the molecule is CSc1nc2c3c(nc(Cl)c(F)c3n1)OC[C@H]1COC[C@@H]1N2C. The van der Waals surface area contributed by atoms with Crippen molar-refractivity contribution in [1.82, 2.24) is 15.0 Å². The van der Waals surface area contributed by atoms with Crippen LogP contribution in [0.5, 0.6) is 5.88 Å². The molecule has 6 nitrogen and oxygen atoms in total. The molecule has 0 radical (unpaired) electrons. The first kappa shape index (κ1) is 15.2. The average molecular weight is 357 g/mol. The lowest BCUT2D eigenvalue weighted by molar-refractivity contribution is 0.166. The molecule has 2 aliphatic rings. The van der Waals surface area contributed by atoms with E-state index in [9.17, 15) is 4.39 Å². The molecule has 1 saturated heterocycles. The van der Waals surface area contributed by atoms with E-state index in [1.807, 2.05) is 18.2 Å². The summed E-state index contributed by atoms with van der Waals surface area (Å²) in [7, 11) is 1.93. The number of ether oxygens (including phenoxy) is 2. The van der Waals surface area contributed by atoms with E-state index >= 15 is 0 Å². The molecule has 4 heterocycles. The summed E-state index contributed by atoms with van der Waals surface area (Å²) in [6, 6.07) is 0.120. The van der Waals surface area contributed by atoms with Crippen molar-refractivity contribution >= 4 is 40.1 Å². The van der Waals surface area contributed by atoms with Crippen molar-refractivity contribution in [3.8, 4) is 5.88 Å². The predicted molar refractivity (Wildman–Crippen MR) is 86.1 cm³/mol. The van der Waals surface area contributed by atoms with Crippen LogP contribution >= 0.6 is 23.4 Å². The molecule has 0 spiro atoms. The Morgan fingerprint density at radius 1 is 1.26 bits per heavy atom. The molecule has 122 valence electrons. The molecule has 2 atom stereocenters. The summed E-state index contributed by atoms with van der Waals surface area (Å²) in [5.74, 6) is 0.409. The second-order valence-corrected chi connectivity index (χ2v) is 6.70. The van der Waals surface area contributed by atoms with Gasteiger partial charge in [-0.3, -0.25) is 0 Å². The van der Waals surface area contributed by atoms with Crippen molar-refractivity contribution in [3.63, 3.8) is 0 Å². The monoisotopic (exact) mass is 356 g/mol. The van der Waals surface area contributed by atoms with Gasteiger partial charge in [0.05, 0.1) is 25.9 Å². The number of thioether (sulfide) groups is 1. The van der Waals surface area contributed by atoms with Gasteiger partial charge >= 0.3 is 0 Å². The van der Waals surface area contributed by atoms with Crippen LogP contribution in [-0.2, 0) is 4.74 Å². The van der Waals surface area contributed by atoms with E-state index in [-0.39, 0.29) is 28.5 Å². The summed E-state index contributed by atoms with van der Waals surface area (Å²) in [5.41, 5.74) is 0.138. The summed E-state index contributed by atoms with van der Waals surface area (Å²) in [6.07, 6.45) is 1.84. The molecule has 0 aromatic carbocycles. The molecule has 1 fully saturated rings. The van der Waals surface area contributed by atoms with E-state index in [1.54, 1.807) is 0 Å². The van der Waals surface area contributed by atoms with Gasteiger partial charge in [-0.1, -0.05) is 23.4 Å². The summed E-state index contributed by atoms with van der Waals surface area (Å²) in [4.78, 5) is 14.9. The minimum atomic E-state index is -0.652. The highest BCUT2D eigenvalue weighted by Gasteiger charge is 2.37. The lowest BCUT2D eigenvalue weighted by Crippen LogP contribution is -2.41. The van der Waals surface area contributed by atoms with Crippen molar-refractivity contribution in [2.24, 2.45) is 5.92 Å². The molecule has 0 saturated carbocycles. The van der Waals surface area contributed by atoms with Crippen LogP contribution in [0.2, 0.25) is 5.15 Å². The molecule has 0 unspecified atom stereocenters. The zero-order valence-electron chi connectivity index (χ0n) is 12.5. The van der Waals surface area contributed by atoms with E-state index in [2.05, 4.69) is 15.0 Å². The number of hydrogen-bond donors (Lipinski definition) is 0. The van der Waals surface area contributed by atoms with Crippen LogP contribution in [0, 0.1) is 11.7 Å². The molecular weight excluding hydrogens is 343 g/mol. The minimum Gasteiger partial charge on any atom is -0.477 e. The first-order valence-electron chi connectivity index (χ1n) is 7.14. The normalized spacial score (nSPS) is 23.4. The number of halogens is 2. The summed E-state index contributed by atoms with van der Waals surface area (Å²) < 4.78 is 25.9. The fourth-order valence-electron chi connectivity index (χ4n) is 3.05. The lowest BCUT2D eigenvalue weighted by Gasteiger charge is -2.32. The Kier molecular flexibility index (Phi) is 3.70. The van der Waals surface area contributed by atoms with Crippen LogP contribution in [0.4, 0.5) is 10.2 Å². The fourth-order valence-corrected chi connectivity index (χ4v) is 3.57. The Balaban J connectivity index is 2.03. The maximum absolute atomic E-state index is 14.5. The van der Waals surface area contributed by atoms with Crippen molar-refractivity contribution in [2.75, 3.05) is 38.0 Å². The molecule has 4 rings (SSSR count). The van der Waals surface area contributed by atoms with Crippen LogP contribution in [0.3, 0.4) is 0 Å². The van der Waals surface area contributed by atoms with Crippen LogP contribution in [0.15, 0.2) is 5.16 Å². The smallest absolute Gasteiger partial charge is 0.228 e. The number of rotatable bonds is 1. The summed E-state index contributed by atoms with van der Waals surface area (Å²) in [5, 5.41) is 0.687. The van der Waals surface area contributed by atoms with Gasteiger partial charge in [-0.2, -0.15) is 4.98 Å². The molecule has 0 amide bonds. The van der Waals surface area contributed by atoms with Crippen LogP contribution in [0.1, 0.15) is 0 Å². The molecular formula is C14H14ClFN4O2S. The van der Waals surface area contributed by atoms with Gasteiger partial charge < -0.3 is 14.4 Å².